The molecule has 0 unspecified atom stereocenters. The summed E-state index contributed by atoms with van der Waals surface area (Å²) >= 11 is 0. The maximum Gasteiger partial charge on any atom is 0.253 e. The molecule has 5 heteroatoms. The van der Waals surface area contributed by atoms with Crippen molar-refractivity contribution in [2.24, 2.45) is 0 Å². The molecule has 1 aliphatic heterocycles. The van der Waals surface area contributed by atoms with E-state index in [1.54, 1.807) is 13.2 Å². The molecule has 2 aromatic rings. The number of methoxy groups -OCH3 is 1. The molecule has 0 atom stereocenters. The van der Waals surface area contributed by atoms with Crippen molar-refractivity contribution in [3.63, 3.8) is 0 Å². The topological polar surface area (TPSA) is 49.9 Å². The summed E-state index contributed by atoms with van der Waals surface area (Å²) in [6.07, 6.45) is 1.20. The Labute approximate surface area is 160 Å². The van der Waals surface area contributed by atoms with E-state index in [1.165, 1.54) is 0 Å². The van der Waals surface area contributed by atoms with Crippen LogP contribution in [0.1, 0.15) is 27.9 Å². The summed E-state index contributed by atoms with van der Waals surface area (Å²) < 4.78 is 5.27. The van der Waals surface area contributed by atoms with Crippen molar-refractivity contribution in [2.45, 2.75) is 19.8 Å². The summed E-state index contributed by atoms with van der Waals surface area (Å²) in [5, 5.41) is 0. The fraction of sp³-hybridized carbons (Fsp3) is 0.364. The molecule has 2 aromatic carbocycles. The second kappa shape index (κ2) is 8.71. The van der Waals surface area contributed by atoms with Gasteiger partial charge in [-0.3, -0.25) is 9.59 Å². The predicted octanol–water partition coefficient (Wildman–Crippen LogP) is 2.92. The monoisotopic (exact) mass is 366 g/mol. The van der Waals surface area contributed by atoms with E-state index >= 15 is 0 Å². The number of hydrogen-bond donors (Lipinski definition) is 0. The highest BCUT2D eigenvalue weighted by atomic mass is 16.5. The largest absolute Gasteiger partial charge is 0.496 e. The number of benzene rings is 2. The second-order valence-corrected chi connectivity index (χ2v) is 6.87. The van der Waals surface area contributed by atoms with Gasteiger partial charge in [-0.15, -0.1) is 0 Å². The third kappa shape index (κ3) is 4.67. The van der Waals surface area contributed by atoms with E-state index in [0.717, 1.165) is 23.3 Å². The van der Waals surface area contributed by atoms with Crippen LogP contribution in [0.2, 0.25) is 0 Å². The number of carbonyl (C=O) groups excluding carboxylic acids is 2. The Bertz CT molecular complexity index is 804. The van der Waals surface area contributed by atoms with E-state index < -0.39 is 0 Å². The van der Waals surface area contributed by atoms with Crippen molar-refractivity contribution >= 4 is 11.8 Å². The van der Waals surface area contributed by atoms with Gasteiger partial charge in [0, 0.05) is 31.7 Å². The van der Waals surface area contributed by atoms with E-state index in [9.17, 15) is 9.59 Å². The molecule has 0 spiro atoms. The Morgan fingerprint density at radius 2 is 1.67 bits per heavy atom. The first-order valence-electron chi connectivity index (χ1n) is 9.34. The van der Waals surface area contributed by atoms with E-state index in [2.05, 4.69) is 0 Å². The zero-order valence-electron chi connectivity index (χ0n) is 16.0. The van der Waals surface area contributed by atoms with Crippen LogP contribution in [0.3, 0.4) is 0 Å². The molecule has 5 nitrogen and oxygen atoms in total. The number of aryl methyl sites for hydroxylation is 1. The molecule has 0 aliphatic carbocycles. The Morgan fingerprint density at radius 3 is 2.37 bits per heavy atom. The lowest BCUT2D eigenvalue weighted by molar-refractivity contribution is -0.130. The summed E-state index contributed by atoms with van der Waals surface area (Å²) in [5.74, 6) is 0.911. The quantitative estimate of drug-likeness (QED) is 0.836. The second-order valence-electron chi connectivity index (χ2n) is 6.87. The van der Waals surface area contributed by atoms with Gasteiger partial charge in [-0.2, -0.15) is 0 Å². The SMILES string of the molecule is COc1ccc(C(=O)N2CCCN(C(=O)Cc3ccccc3)CC2)cc1C. The lowest BCUT2D eigenvalue weighted by Gasteiger charge is -2.22. The van der Waals surface area contributed by atoms with Crippen LogP contribution in [0, 0.1) is 6.92 Å². The maximum atomic E-state index is 12.9. The zero-order valence-corrected chi connectivity index (χ0v) is 16.0. The van der Waals surface area contributed by atoms with Gasteiger partial charge in [-0.05, 0) is 42.7 Å². The number of nitrogens with zero attached hydrogens (tertiary/aromatic N) is 2. The van der Waals surface area contributed by atoms with Gasteiger partial charge in [0.1, 0.15) is 5.75 Å². The first-order valence-corrected chi connectivity index (χ1v) is 9.34. The number of hydrogen-bond acceptors (Lipinski definition) is 3. The number of ether oxygens (including phenoxy) is 1. The summed E-state index contributed by atoms with van der Waals surface area (Å²) in [6.45, 7) is 4.43. The molecule has 0 aromatic heterocycles. The molecule has 0 radical (unpaired) electrons. The van der Waals surface area contributed by atoms with Crippen molar-refractivity contribution in [3.8, 4) is 5.75 Å². The summed E-state index contributed by atoms with van der Waals surface area (Å²) in [7, 11) is 1.62. The molecule has 1 fully saturated rings. The highest BCUT2D eigenvalue weighted by Crippen LogP contribution is 2.20. The standard InChI is InChI=1S/C22H26N2O3/c1-17-15-19(9-10-20(17)27-2)22(26)24-12-6-11-23(13-14-24)21(25)16-18-7-4-3-5-8-18/h3-5,7-10,15H,6,11-14,16H2,1-2H3. The fourth-order valence-corrected chi connectivity index (χ4v) is 3.45. The van der Waals surface area contributed by atoms with E-state index in [4.69, 9.17) is 4.74 Å². The molecule has 0 N–H and O–H groups in total. The average molecular weight is 366 g/mol. The summed E-state index contributed by atoms with van der Waals surface area (Å²) in [5.41, 5.74) is 2.63. The van der Waals surface area contributed by atoms with Gasteiger partial charge in [-0.25, -0.2) is 0 Å². The van der Waals surface area contributed by atoms with Crippen LogP contribution in [-0.2, 0) is 11.2 Å². The maximum absolute atomic E-state index is 12.9. The molecular formula is C22H26N2O3. The van der Waals surface area contributed by atoms with E-state index in [-0.39, 0.29) is 11.8 Å². The Balaban J connectivity index is 1.61. The first-order chi connectivity index (χ1) is 13.1. The molecule has 2 amide bonds. The van der Waals surface area contributed by atoms with Crippen molar-refractivity contribution in [1.82, 2.24) is 9.80 Å². The third-order valence-corrected chi connectivity index (χ3v) is 4.98. The molecule has 142 valence electrons. The Morgan fingerprint density at radius 1 is 0.963 bits per heavy atom. The van der Waals surface area contributed by atoms with Crippen LogP contribution in [0.5, 0.6) is 5.75 Å². The van der Waals surface area contributed by atoms with Crippen molar-refractivity contribution in [1.29, 1.82) is 0 Å². The molecule has 1 heterocycles. The van der Waals surface area contributed by atoms with Gasteiger partial charge in [0.2, 0.25) is 5.91 Å². The predicted molar refractivity (Wildman–Crippen MR) is 105 cm³/mol. The summed E-state index contributed by atoms with van der Waals surface area (Å²) in [4.78, 5) is 29.2. The van der Waals surface area contributed by atoms with E-state index in [0.29, 0.717) is 38.2 Å². The van der Waals surface area contributed by atoms with Gasteiger partial charge < -0.3 is 14.5 Å². The van der Waals surface area contributed by atoms with Crippen molar-refractivity contribution in [3.05, 3.63) is 65.2 Å². The van der Waals surface area contributed by atoms with Crippen molar-refractivity contribution in [2.75, 3.05) is 33.3 Å². The van der Waals surface area contributed by atoms with Gasteiger partial charge in [0.05, 0.1) is 13.5 Å². The molecular weight excluding hydrogens is 340 g/mol. The van der Waals surface area contributed by atoms with Gasteiger partial charge >= 0.3 is 0 Å². The zero-order chi connectivity index (χ0) is 19.2. The minimum atomic E-state index is 0.0121. The minimum Gasteiger partial charge on any atom is -0.496 e. The van der Waals surface area contributed by atoms with Gasteiger partial charge in [-0.1, -0.05) is 30.3 Å². The number of amides is 2. The Kier molecular flexibility index (Phi) is 6.12. The van der Waals surface area contributed by atoms with Crippen LogP contribution in [0.15, 0.2) is 48.5 Å². The van der Waals surface area contributed by atoms with Crippen LogP contribution in [0.4, 0.5) is 0 Å². The lowest BCUT2D eigenvalue weighted by Crippen LogP contribution is -2.38. The average Bonchev–Trinajstić information content (AvgIpc) is 2.94. The third-order valence-electron chi connectivity index (χ3n) is 4.98. The smallest absolute Gasteiger partial charge is 0.253 e. The normalized spacial score (nSPS) is 14.6. The molecule has 0 bridgehead atoms. The molecule has 1 saturated heterocycles. The molecule has 3 rings (SSSR count). The van der Waals surface area contributed by atoms with E-state index in [1.807, 2.05) is 59.2 Å². The van der Waals surface area contributed by atoms with Crippen LogP contribution in [-0.4, -0.2) is 54.9 Å². The lowest BCUT2D eigenvalue weighted by atomic mass is 10.1. The molecule has 1 aliphatic rings. The summed E-state index contributed by atoms with van der Waals surface area (Å²) in [6, 6.07) is 15.3. The fourth-order valence-electron chi connectivity index (χ4n) is 3.45. The minimum absolute atomic E-state index is 0.0121. The van der Waals surface area contributed by atoms with Crippen LogP contribution >= 0.6 is 0 Å². The highest BCUT2D eigenvalue weighted by Gasteiger charge is 2.23. The first kappa shape index (κ1) is 19.0. The number of rotatable bonds is 4. The molecule has 0 saturated carbocycles. The van der Waals surface area contributed by atoms with Crippen LogP contribution in [0.25, 0.3) is 0 Å². The molecule has 27 heavy (non-hydrogen) atoms. The van der Waals surface area contributed by atoms with Crippen LogP contribution < -0.4 is 4.74 Å². The highest BCUT2D eigenvalue weighted by molar-refractivity contribution is 5.94. The van der Waals surface area contributed by atoms with Gasteiger partial charge in [0.15, 0.2) is 0 Å². The number of carbonyl (C=O) groups is 2. The van der Waals surface area contributed by atoms with Crippen molar-refractivity contribution < 1.29 is 14.3 Å². The Hall–Kier alpha value is -2.82. The van der Waals surface area contributed by atoms with Gasteiger partial charge in [0.25, 0.3) is 5.91 Å².